The van der Waals surface area contributed by atoms with Gasteiger partial charge in [-0.2, -0.15) is 0 Å². The van der Waals surface area contributed by atoms with Crippen molar-refractivity contribution in [3.63, 3.8) is 0 Å². The van der Waals surface area contributed by atoms with Crippen LogP contribution >= 0.6 is 0 Å². The van der Waals surface area contributed by atoms with Crippen molar-refractivity contribution in [3.05, 3.63) is 5.21 Å². The van der Waals surface area contributed by atoms with E-state index in [0.29, 0.717) is 5.92 Å². The number of rotatable bonds is 0. The first kappa shape index (κ1) is 5.65. The van der Waals surface area contributed by atoms with Crippen LogP contribution < -0.4 is 5.32 Å². The van der Waals surface area contributed by atoms with E-state index in [9.17, 15) is 5.21 Å². The third-order valence-corrected chi connectivity index (χ3v) is 2.35. The fraction of sp³-hybridized carbons (Fsp3) is 1.00. The fourth-order valence-corrected chi connectivity index (χ4v) is 1.81. The lowest BCUT2D eigenvalue weighted by molar-refractivity contribution is 0.303. The van der Waals surface area contributed by atoms with E-state index < -0.39 is 0 Å². The Bertz CT molecular complexity index is 118. The molecule has 0 aliphatic carbocycles. The molecule has 2 aliphatic heterocycles. The second kappa shape index (κ2) is 1.94. The minimum Gasteiger partial charge on any atom is -0.784 e. The molecule has 2 rings (SSSR count). The summed E-state index contributed by atoms with van der Waals surface area (Å²) in [7, 11) is 0. The summed E-state index contributed by atoms with van der Waals surface area (Å²) in [6, 6.07) is 0. The fourth-order valence-electron chi connectivity index (χ4n) is 1.81. The highest BCUT2D eigenvalue weighted by Crippen LogP contribution is 2.27. The van der Waals surface area contributed by atoms with Crippen LogP contribution in [-0.2, 0) is 0 Å². The molecule has 2 fully saturated rings. The van der Waals surface area contributed by atoms with Crippen LogP contribution in [0.1, 0.15) is 12.8 Å². The van der Waals surface area contributed by atoms with Crippen LogP contribution in [-0.4, -0.2) is 24.3 Å². The predicted molar refractivity (Wildman–Crippen MR) is 34.6 cm³/mol. The van der Waals surface area contributed by atoms with Gasteiger partial charge in [0.1, 0.15) is 0 Å². The van der Waals surface area contributed by atoms with Crippen molar-refractivity contribution < 1.29 is 0 Å². The molecule has 3 nitrogen and oxygen atoms in total. The average Bonchev–Trinajstić information content (AvgIpc) is 2.35. The van der Waals surface area contributed by atoms with E-state index in [1.807, 2.05) is 0 Å². The second-order valence-corrected chi connectivity index (χ2v) is 2.88. The zero-order valence-electron chi connectivity index (χ0n) is 5.34. The van der Waals surface area contributed by atoms with Gasteiger partial charge in [-0.15, -0.1) is 0 Å². The summed E-state index contributed by atoms with van der Waals surface area (Å²) >= 11 is 0. The van der Waals surface area contributed by atoms with Crippen molar-refractivity contribution >= 4 is 0 Å². The van der Waals surface area contributed by atoms with Crippen LogP contribution in [0.3, 0.4) is 0 Å². The Kier molecular flexibility index (Phi) is 1.22. The molecule has 0 saturated carbocycles. The molecule has 52 valence electrons. The third-order valence-electron chi connectivity index (χ3n) is 2.35. The molecule has 0 aromatic rings. The predicted octanol–water partition coefficient (Wildman–Crippen LogP) is 0.126. The quantitative estimate of drug-likeness (QED) is 0.502. The summed E-state index contributed by atoms with van der Waals surface area (Å²) in [5.41, 5.74) is 0. The van der Waals surface area contributed by atoms with Crippen LogP contribution in [0.5, 0.6) is 0 Å². The number of hydrogen-bond acceptors (Lipinski definition) is 3. The van der Waals surface area contributed by atoms with Gasteiger partial charge in [0, 0.05) is 0 Å². The van der Waals surface area contributed by atoms with Crippen molar-refractivity contribution in [3.8, 4) is 0 Å². The van der Waals surface area contributed by atoms with Gasteiger partial charge >= 0.3 is 0 Å². The second-order valence-electron chi connectivity index (χ2n) is 2.88. The average molecular weight is 127 g/mol. The summed E-state index contributed by atoms with van der Waals surface area (Å²) in [5.74, 6) is 0.655. The minimum atomic E-state index is 0.171. The zero-order valence-corrected chi connectivity index (χ0v) is 5.34. The lowest BCUT2D eigenvalue weighted by Crippen LogP contribution is -2.35. The van der Waals surface area contributed by atoms with Crippen LogP contribution in [0.4, 0.5) is 0 Å². The Hall–Kier alpha value is -0.120. The highest BCUT2D eigenvalue weighted by molar-refractivity contribution is 4.90. The first-order valence-electron chi connectivity index (χ1n) is 3.55. The Morgan fingerprint density at radius 3 is 3.11 bits per heavy atom. The van der Waals surface area contributed by atoms with Crippen molar-refractivity contribution in [2.75, 3.05) is 13.1 Å². The molecule has 0 aromatic carbocycles. The molecule has 0 amide bonds. The van der Waals surface area contributed by atoms with Crippen LogP contribution in [0, 0.1) is 11.1 Å². The lowest BCUT2D eigenvalue weighted by atomic mass is 10.1. The van der Waals surface area contributed by atoms with Crippen LogP contribution in [0.15, 0.2) is 0 Å². The van der Waals surface area contributed by atoms with E-state index in [1.54, 1.807) is 0 Å². The molecule has 2 heterocycles. The van der Waals surface area contributed by atoms with Gasteiger partial charge in [-0.3, -0.25) is 0 Å². The molecule has 2 saturated heterocycles. The number of hydrogen-bond donors (Lipinski definition) is 1. The normalized spacial score (nSPS) is 43.7. The smallest absolute Gasteiger partial charge is 0.0512 e. The summed E-state index contributed by atoms with van der Waals surface area (Å²) in [4.78, 5) is 0. The van der Waals surface area contributed by atoms with Crippen molar-refractivity contribution in [1.82, 2.24) is 10.4 Å². The number of nitrogens with zero attached hydrogens (tertiary/aromatic N) is 1. The van der Waals surface area contributed by atoms with Gasteiger partial charge in [0.25, 0.3) is 0 Å². The maximum Gasteiger partial charge on any atom is 0.0512 e. The minimum absolute atomic E-state index is 0.171. The van der Waals surface area contributed by atoms with E-state index in [2.05, 4.69) is 5.32 Å². The Labute approximate surface area is 54.6 Å². The largest absolute Gasteiger partial charge is 0.784 e. The molecule has 2 atom stereocenters. The van der Waals surface area contributed by atoms with Gasteiger partial charge in [-0.25, -0.2) is 0 Å². The van der Waals surface area contributed by atoms with Crippen molar-refractivity contribution in [2.24, 2.45) is 5.92 Å². The van der Waals surface area contributed by atoms with E-state index in [0.717, 1.165) is 19.5 Å². The maximum absolute atomic E-state index is 10.9. The summed E-state index contributed by atoms with van der Waals surface area (Å²) in [6.45, 7) is 1.77. The third kappa shape index (κ3) is 0.764. The highest BCUT2D eigenvalue weighted by atomic mass is 16.5. The van der Waals surface area contributed by atoms with Gasteiger partial charge in [0.05, 0.1) is 6.17 Å². The number of hydroxylamine groups is 2. The van der Waals surface area contributed by atoms with Crippen LogP contribution in [0.25, 0.3) is 0 Å². The van der Waals surface area contributed by atoms with E-state index in [-0.39, 0.29) is 6.17 Å². The van der Waals surface area contributed by atoms with Gasteiger partial charge in [-0.1, -0.05) is 0 Å². The molecular weight excluding hydrogens is 116 g/mol. The monoisotopic (exact) mass is 127 g/mol. The van der Waals surface area contributed by atoms with Gasteiger partial charge in [0.15, 0.2) is 0 Å². The molecule has 0 radical (unpaired) electrons. The molecule has 1 N–H and O–H groups in total. The van der Waals surface area contributed by atoms with E-state index in [4.69, 9.17) is 0 Å². The topological polar surface area (TPSA) is 38.3 Å². The maximum atomic E-state index is 10.9. The Morgan fingerprint density at radius 2 is 2.33 bits per heavy atom. The number of fused-ring (bicyclic) bond motifs is 1. The summed E-state index contributed by atoms with van der Waals surface area (Å²) in [5, 5.41) is 15.3. The highest BCUT2D eigenvalue weighted by Gasteiger charge is 2.32. The van der Waals surface area contributed by atoms with Crippen LogP contribution in [0.2, 0.25) is 0 Å². The molecule has 0 spiro atoms. The van der Waals surface area contributed by atoms with Crippen molar-refractivity contribution in [2.45, 2.75) is 19.0 Å². The summed E-state index contributed by atoms with van der Waals surface area (Å²) < 4.78 is 0. The molecule has 3 heteroatoms. The number of nitrogens with one attached hydrogen (secondary N) is 1. The van der Waals surface area contributed by atoms with E-state index >= 15 is 0 Å². The van der Waals surface area contributed by atoms with E-state index in [1.165, 1.54) is 11.5 Å². The molecule has 2 unspecified atom stereocenters. The lowest BCUT2D eigenvalue weighted by Gasteiger charge is -2.29. The summed E-state index contributed by atoms with van der Waals surface area (Å²) in [6.07, 6.45) is 2.47. The Morgan fingerprint density at radius 1 is 1.44 bits per heavy atom. The van der Waals surface area contributed by atoms with Gasteiger partial charge < -0.3 is 15.6 Å². The molecular formula is C6H11N2O-. The first-order chi connectivity index (χ1) is 4.38. The molecule has 0 bridgehead atoms. The first-order valence-corrected chi connectivity index (χ1v) is 3.55. The van der Waals surface area contributed by atoms with Gasteiger partial charge in [-0.05, 0) is 31.8 Å². The van der Waals surface area contributed by atoms with Crippen molar-refractivity contribution in [1.29, 1.82) is 0 Å². The van der Waals surface area contributed by atoms with Gasteiger partial charge in [0.2, 0.25) is 0 Å². The molecule has 2 aliphatic rings. The molecule has 9 heavy (non-hydrogen) atoms. The Balaban J connectivity index is 2.07. The SMILES string of the molecule is [O-]N1CCC2CCNC21. The zero-order chi connectivity index (χ0) is 6.27. The molecule has 0 aromatic heterocycles. The standard InChI is InChI=1S/C6H11N2O/c9-8-4-2-5-1-3-7-6(5)8/h5-7H,1-4H2/q-1.